The molecule has 0 aliphatic heterocycles. The van der Waals surface area contributed by atoms with Crippen molar-refractivity contribution in [3.05, 3.63) is 0 Å². The van der Waals surface area contributed by atoms with E-state index in [9.17, 15) is 0 Å². The van der Waals surface area contributed by atoms with E-state index in [-0.39, 0.29) is 0 Å². The molecular weight excluding hydrogens is 223 g/mol. The molecule has 0 fully saturated rings. The maximum atomic E-state index is 5.23. The maximum absolute atomic E-state index is 5.23. The summed E-state index contributed by atoms with van der Waals surface area (Å²) in [6.45, 7) is 5.99. The molecule has 0 spiro atoms. The number of rotatable bonds is 6. The van der Waals surface area contributed by atoms with Gasteiger partial charge >= 0.3 is 68.0 Å². The van der Waals surface area contributed by atoms with Gasteiger partial charge in [-0.1, -0.05) is 0 Å². The summed E-state index contributed by atoms with van der Waals surface area (Å²) in [6.07, 6.45) is 2.21. The van der Waals surface area contributed by atoms with Gasteiger partial charge in [-0.25, -0.2) is 0 Å². The molecule has 0 aliphatic carbocycles. The second-order valence-corrected chi connectivity index (χ2v) is 3.90. The van der Waals surface area contributed by atoms with E-state index >= 15 is 0 Å². The Hall–Kier alpha value is 0.719. The summed E-state index contributed by atoms with van der Waals surface area (Å²) in [4.78, 5) is 0. The summed E-state index contributed by atoms with van der Waals surface area (Å²) in [6, 6.07) is 0. The van der Waals surface area contributed by atoms with Crippen LogP contribution in [0.3, 0.4) is 0 Å². The van der Waals surface area contributed by atoms with Crippen LogP contribution in [0, 0.1) is 0 Å². The molecule has 0 aliphatic rings. The van der Waals surface area contributed by atoms with E-state index in [1.165, 1.54) is 0 Å². The van der Waals surface area contributed by atoms with Crippen molar-refractivity contribution in [1.29, 1.82) is 0 Å². The summed E-state index contributed by atoms with van der Waals surface area (Å²) in [7, 11) is 0. The average Bonchev–Trinajstić information content (AvgIpc) is 1.89. The normalized spacial score (nSPS) is 10.0. The molecule has 9 heavy (non-hydrogen) atoms. The Labute approximate surface area is 68.2 Å². The van der Waals surface area contributed by atoms with Crippen molar-refractivity contribution >= 4 is 22.0 Å². The molecule has 0 aromatic rings. The zero-order valence-corrected chi connectivity index (χ0v) is 9.00. The molecule has 0 bridgehead atoms. The van der Waals surface area contributed by atoms with Gasteiger partial charge in [-0.2, -0.15) is 0 Å². The second-order valence-electron chi connectivity index (χ2n) is 1.78. The van der Waals surface area contributed by atoms with Gasteiger partial charge in [-0.05, 0) is 0 Å². The topological polar surface area (TPSA) is 18.5 Å². The third-order valence-corrected chi connectivity index (χ3v) is 2.57. The minimum absolute atomic E-state index is 0.851. The Kier molecular flexibility index (Phi) is 9.41. The molecule has 0 amide bonds. The van der Waals surface area contributed by atoms with Gasteiger partial charge in [0.25, 0.3) is 0 Å². The van der Waals surface area contributed by atoms with Gasteiger partial charge in [0, 0.05) is 0 Å². The summed E-state index contributed by atoms with van der Waals surface area (Å²) >= 11 is -0.851. The van der Waals surface area contributed by atoms with Crippen molar-refractivity contribution in [3.8, 4) is 0 Å². The van der Waals surface area contributed by atoms with E-state index in [0.717, 1.165) is 26.1 Å². The zero-order valence-electron chi connectivity index (χ0n) is 6.14. The summed E-state index contributed by atoms with van der Waals surface area (Å²) in [5, 5.41) is 0. The molecule has 2 radical (unpaired) electrons. The van der Waals surface area contributed by atoms with E-state index in [2.05, 4.69) is 13.8 Å². The van der Waals surface area contributed by atoms with Crippen LogP contribution >= 0.6 is 0 Å². The molecule has 0 rings (SSSR count). The predicted molar refractivity (Wildman–Crippen MR) is 38.2 cm³/mol. The van der Waals surface area contributed by atoms with Crippen LogP contribution in [0.2, 0.25) is 0 Å². The van der Waals surface area contributed by atoms with Crippen LogP contribution in [0.4, 0.5) is 0 Å². The van der Waals surface area contributed by atoms with Gasteiger partial charge in [0.1, 0.15) is 0 Å². The molecule has 0 saturated heterocycles. The minimum atomic E-state index is -0.851. The van der Waals surface area contributed by atoms with Gasteiger partial charge in [-0.3, -0.25) is 0 Å². The standard InChI is InChI=1S/2C3H7O.Sn/c2*1-2-3-4;/h2*2-3H2,1H3;/q2*-1;+2. The van der Waals surface area contributed by atoms with Crippen LogP contribution in [0.5, 0.6) is 0 Å². The van der Waals surface area contributed by atoms with Crippen molar-refractivity contribution in [2.45, 2.75) is 26.7 Å². The molecule has 0 atom stereocenters. The fraction of sp³-hybridized carbons (Fsp3) is 1.00. The molecular formula is C6H14O2Sn. The van der Waals surface area contributed by atoms with E-state index in [4.69, 9.17) is 6.15 Å². The first kappa shape index (κ1) is 9.72. The number of hydrogen-bond donors (Lipinski definition) is 0. The third kappa shape index (κ3) is 8.72. The van der Waals surface area contributed by atoms with Crippen molar-refractivity contribution in [1.82, 2.24) is 0 Å². The van der Waals surface area contributed by atoms with Crippen molar-refractivity contribution in [3.63, 3.8) is 0 Å². The Balaban J connectivity index is 2.60. The van der Waals surface area contributed by atoms with Gasteiger partial charge in [-0.15, -0.1) is 0 Å². The average molecular weight is 237 g/mol. The van der Waals surface area contributed by atoms with Crippen LogP contribution in [0.1, 0.15) is 26.7 Å². The summed E-state index contributed by atoms with van der Waals surface area (Å²) in [5.41, 5.74) is 0. The third-order valence-electron chi connectivity index (χ3n) is 0.730. The Morgan fingerprint density at radius 1 is 1.00 bits per heavy atom. The molecule has 2 nitrogen and oxygen atoms in total. The van der Waals surface area contributed by atoms with E-state index in [1.54, 1.807) is 0 Å². The molecule has 0 N–H and O–H groups in total. The first-order valence-electron chi connectivity index (χ1n) is 3.40. The van der Waals surface area contributed by atoms with E-state index in [0.29, 0.717) is 0 Å². The first-order chi connectivity index (χ1) is 4.41. The van der Waals surface area contributed by atoms with Gasteiger partial charge in [0.15, 0.2) is 0 Å². The fourth-order valence-electron chi connectivity index (χ4n) is 0.329. The second kappa shape index (κ2) is 8.72. The van der Waals surface area contributed by atoms with Gasteiger partial charge < -0.3 is 0 Å². The Morgan fingerprint density at radius 3 is 1.78 bits per heavy atom. The summed E-state index contributed by atoms with van der Waals surface area (Å²) < 4.78 is 10.5. The first-order valence-corrected chi connectivity index (χ1v) is 5.73. The molecule has 54 valence electrons. The van der Waals surface area contributed by atoms with Crippen molar-refractivity contribution in [2.24, 2.45) is 0 Å². The predicted octanol–water partition coefficient (Wildman–Crippen LogP) is 1.37. The molecule has 0 unspecified atom stereocenters. The Bertz CT molecular complexity index is 44.3. The quantitative estimate of drug-likeness (QED) is 0.513. The summed E-state index contributed by atoms with van der Waals surface area (Å²) in [5.74, 6) is 0. The molecule has 0 aromatic heterocycles. The molecule has 3 heteroatoms. The SMILES string of the molecule is CCC[O][Sn][O]CCC. The van der Waals surface area contributed by atoms with Crippen molar-refractivity contribution in [2.75, 3.05) is 13.2 Å². The van der Waals surface area contributed by atoms with Gasteiger partial charge in [0.05, 0.1) is 0 Å². The zero-order chi connectivity index (χ0) is 6.95. The van der Waals surface area contributed by atoms with Gasteiger partial charge in [0.2, 0.25) is 0 Å². The molecule has 0 aromatic carbocycles. The fourth-order valence-corrected chi connectivity index (χ4v) is 2.21. The number of hydrogen-bond acceptors (Lipinski definition) is 2. The van der Waals surface area contributed by atoms with Crippen LogP contribution in [-0.4, -0.2) is 35.2 Å². The van der Waals surface area contributed by atoms with E-state index in [1.807, 2.05) is 0 Å². The van der Waals surface area contributed by atoms with Crippen LogP contribution in [0.25, 0.3) is 0 Å². The van der Waals surface area contributed by atoms with Crippen LogP contribution < -0.4 is 0 Å². The molecule has 0 saturated carbocycles. The Morgan fingerprint density at radius 2 is 1.44 bits per heavy atom. The van der Waals surface area contributed by atoms with Crippen LogP contribution in [-0.2, 0) is 6.15 Å². The van der Waals surface area contributed by atoms with Crippen LogP contribution in [0.15, 0.2) is 0 Å². The molecule has 0 heterocycles. The van der Waals surface area contributed by atoms with Crippen molar-refractivity contribution < 1.29 is 6.15 Å². The van der Waals surface area contributed by atoms with E-state index < -0.39 is 22.0 Å². The monoisotopic (exact) mass is 238 g/mol.